The summed E-state index contributed by atoms with van der Waals surface area (Å²) in [6, 6.07) is 5.56. The van der Waals surface area contributed by atoms with E-state index >= 15 is 0 Å². The van der Waals surface area contributed by atoms with Crippen LogP contribution in [0.1, 0.15) is 42.2 Å². The normalized spacial score (nSPS) is 25.0. The Morgan fingerprint density at radius 3 is 2.15 bits per heavy atom. The number of esters is 2. The van der Waals surface area contributed by atoms with E-state index < -0.39 is 17.9 Å². The van der Waals surface area contributed by atoms with Crippen molar-refractivity contribution in [2.24, 2.45) is 5.92 Å². The van der Waals surface area contributed by atoms with Gasteiger partial charge in [-0.2, -0.15) is 0 Å². The molecule has 0 aliphatic carbocycles. The minimum absolute atomic E-state index is 0.0853. The first-order chi connectivity index (χ1) is 22.3. The molecular formula is C33H39Cl2N5O5S. The quantitative estimate of drug-likeness (QED) is 0.388. The third kappa shape index (κ3) is 6.71. The van der Waals surface area contributed by atoms with Crippen molar-refractivity contribution in [2.75, 3.05) is 60.0 Å². The predicted molar refractivity (Wildman–Crippen MR) is 177 cm³/mol. The SMILES string of the molecule is COC(=O)C1=C(CCc2nccs2)NC(CC(=O)N2CCN(C3CN4CCC3CC4)CC2)=C(C(=O)OC)C1c1c(Cl)cccc1Cl. The number of hydrogen-bond donors (Lipinski definition) is 1. The Morgan fingerprint density at radius 1 is 0.935 bits per heavy atom. The van der Waals surface area contributed by atoms with Crippen molar-refractivity contribution in [3.63, 3.8) is 0 Å². The van der Waals surface area contributed by atoms with Crippen molar-refractivity contribution in [3.05, 3.63) is 72.9 Å². The topological polar surface area (TPSA) is 104 Å². The van der Waals surface area contributed by atoms with E-state index in [-0.39, 0.29) is 33.5 Å². The van der Waals surface area contributed by atoms with Gasteiger partial charge in [0.15, 0.2) is 0 Å². The number of amides is 1. The van der Waals surface area contributed by atoms with Crippen LogP contribution in [0.15, 0.2) is 52.3 Å². The zero-order chi connectivity index (χ0) is 32.4. The van der Waals surface area contributed by atoms with Gasteiger partial charge in [0.25, 0.3) is 0 Å². The van der Waals surface area contributed by atoms with Gasteiger partial charge in [-0.05, 0) is 50.4 Å². The fourth-order valence-corrected chi connectivity index (χ4v) is 8.68. The van der Waals surface area contributed by atoms with E-state index in [1.807, 2.05) is 10.3 Å². The molecule has 2 unspecified atom stereocenters. The van der Waals surface area contributed by atoms with Crippen LogP contribution < -0.4 is 5.32 Å². The van der Waals surface area contributed by atoms with Gasteiger partial charge in [0, 0.05) is 83.8 Å². The largest absolute Gasteiger partial charge is 0.466 e. The average Bonchev–Trinajstić information content (AvgIpc) is 3.61. The minimum Gasteiger partial charge on any atom is -0.466 e. The van der Waals surface area contributed by atoms with Gasteiger partial charge in [-0.3, -0.25) is 9.69 Å². The summed E-state index contributed by atoms with van der Waals surface area (Å²) < 4.78 is 10.5. The average molecular weight is 689 g/mol. The monoisotopic (exact) mass is 687 g/mol. The Kier molecular flexibility index (Phi) is 10.3. The summed E-state index contributed by atoms with van der Waals surface area (Å²) in [5, 5.41) is 6.64. The number of thiazole rings is 1. The molecule has 5 aliphatic rings. The number of allylic oxidation sites excluding steroid dienone is 1. The summed E-state index contributed by atoms with van der Waals surface area (Å²) in [6.07, 6.45) is 5.05. The maximum atomic E-state index is 13.9. The number of carbonyl (C=O) groups excluding carboxylic acids is 3. The van der Waals surface area contributed by atoms with Gasteiger partial charge in [-0.25, -0.2) is 14.6 Å². The van der Waals surface area contributed by atoms with Crippen LogP contribution in [-0.4, -0.2) is 104 Å². The maximum Gasteiger partial charge on any atom is 0.336 e. The van der Waals surface area contributed by atoms with Crippen molar-refractivity contribution in [3.8, 4) is 0 Å². The number of fused-ring (bicyclic) bond motifs is 3. The van der Waals surface area contributed by atoms with Crippen LogP contribution in [-0.2, 0) is 30.3 Å². The molecular weight excluding hydrogens is 649 g/mol. The Bertz CT molecular complexity index is 1510. The number of aryl methyl sites for hydroxylation is 1. The summed E-state index contributed by atoms with van der Waals surface area (Å²) >= 11 is 15.0. The predicted octanol–water partition coefficient (Wildman–Crippen LogP) is 4.25. The summed E-state index contributed by atoms with van der Waals surface area (Å²) in [5.74, 6) is -1.73. The number of hydrogen-bond acceptors (Lipinski definition) is 10. The molecule has 2 atom stereocenters. The molecule has 0 spiro atoms. The van der Waals surface area contributed by atoms with Crippen LogP contribution in [0.4, 0.5) is 0 Å². The number of piperazine rings is 1. The lowest BCUT2D eigenvalue weighted by molar-refractivity contribution is -0.137. The van der Waals surface area contributed by atoms with Gasteiger partial charge in [0.1, 0.15) is 0 Å². The number of benzene rings is 1. The number of aromatic nitrogens is 1. The molecule has 0 radical (unpaired) electrons. The lowest BCUT2D eigenvalue weighted by Gasteiger charge is -2.51. The van der Waals surface area contributed by atoms with Crippen LogP contribution in [0, 0.1) is 5.92 Å². The third-order valence-electron chi connectivity index (χ3n) is 9.79. The number of halogens is 2. The molecule has 1 aromatic carbocycles. The lowest BCUT2D eigenvalue weighted by atomic mass is 9.78. The highest BCUT2D eigenvalue weighted by molar-refractivity contribution is 7.09. The van der Waals surface area contributed by atoms with Gasteiger partial charge in [-0.1, -0.05) is 29.3 Å². The van der Waals surface area contributed by atoms with Gasteiger partial charge < -0.3 is 24.6 Å². The molecule has 13 heteroatoms. The molecule has 2 bridgehead atoms. The van der Waals surface area contributed by atoms with Crippen molar-refractivity contribution in [1.82, 2.24) is 25.0 Å². The molecule has 4 fully saturated rings. The zero-order valence-corrected chi connectivity index (χ0v) is 28.4. The molecule has 0 saturated carbocycles. The van der Waals surface area contributed by atoms with Crippen LogP contribution in [0.2, 0.25) is 10.0 Å². The second-order valence-corrected chi connectivity index (χ2v) is 14.0. The highest BCUT2D eigenvalue weighted by atomic mass is 35.5. The second-order valence-electron chi connectivity index (χ2n) is 12.2. The Balaban J connectivity index is 1.31. The summed E-state index contributed by atoms with van der Waals surface area (Å²) in [4.78, 5) is 52.4. The number of methoxy groups -OCH3 is 2. The number of carbonyl (C=O) groups is 3. The summed E-state index contributed by atoms with van der Waals surface area (Å²) in [5.41, 5.74) is 1.55. The summed E-state index contributed by atoms with van der Waals surface area (Å²) in [6.45, 7) is 6.38. The molecule has 1 amide bonds. The summed E-state index contributed by atoms with van der Waals surface area (Å²) in [7, 11) is 2.56. The first-order valence-corrected chi connectivity index (χ1v) is 17.4. The smallest absolute Gasteiger partial charge is 0.336 e. The van der Waals surface area contributed by atoms with Crippen LogP contribution in [0.3, 0.4) is 0 Å². The van der Waals surface area contributed by atoms with E-state index in [1.165, 1.54) is 51.5 Å². The number of nitrogens with one attached hydrogen (secondary N) is 1. The highest BCUT2D eigenvalue weighted by Crippen LogP contribution is 2.46. The fourth-order valence-electron chi connectivity index (χ4n) is 7.45. The molecule has 5 aliphatic heterocycles. The van der Waals surface area contributed by atoms with Crippen LogP contribution in [0.25, 0.3) is 0 Å². The number of dihydropyridines is 1. The molecule has 46 heavy (non-hydrogen) atoms. The van der Waals surface area contributed by atoms with E-state index in [0.29, 0.717) is 48.9 Å². The van der Waals surface area contributed by atoms with Gasteiger partial charge in [0.2, 0.25) is 5.91 Å². The van der Waals surface area contributed by atoms with E-state index in [9.17, 15) is 14.4 Å². The minimum atomic E-state index is -1.02. The maximum absolute atomic E-state index is 13.9. The molecule has 1 N–H and O–H groups in total. The molecule has 2 aromatic rings. The molecule has 246 valence electrons. The van der Waals surface area contributed by atoms with Gasteiger partial charge >= 0.3 is 11.9 Å². The number of ether oxygens (including phenoxy) is 2. The van der Waals surface area contributed by atoms with Crippen LogP contribution >= 0.6 is 34.5 Å². The standard InChI is InChI=1S/C33H39Cl2N5O5S/c1-44-32(42)29-23(6-7-26-36-10-17-46-26)37-24(30(33(43)45-2)31(29)28-21(34)4-3-5-22(28)35)18-27(41)40-15-13-39(14-16-40)25-19-38-11-8-20(25)9-12-38/h3-5,10,17,20,25,31,37H,6-9,11-16,18-19H2,1-2H3. The third-order valence-corrected chi connectivity index (χ3v) is 11.3. The Labute approximate surface area is 283 Å². The van der Waals surface area contributed by atoms with Gasteiger partial charge in [0.05, 0.1) is 42.7 Å². The lowest BCUT2D eigenvalue weighted by Crippen LogP contribution is -2.61. The molecule has 6 heterocycles. The van der Waals surface area contributed by atoms with Crippen molar-refractivity contribution in [1.29, 1.82) is 0 Å². The van der Waals surface area contributed by atoms with Gasteiger partial charge in [-0.15, -0.1) is 11.3 Å². The van der Waals surface area contributed by atoms with E-state index in [2.05, 4.69) is 20.1 Å². The number of piperidine rings is 3. The van der Waals surface area contributed by atoms with Crippen molar-refractivity contribution >= 4 is 52.4 Å². The molecule has 4 saturated heterocycles. The first kappa shape index (κ1) is 33.0. The van der Waals surface area contributed by atoms with Crippen LogP contribution in [0.5, 0.6) is 0 Å². The molecule has 10 nitrogen and oxygen atoms in total. The highest BCUT2D eigenvalue weighted by Gasteiger charge is 2.43. The Hall–Kier alpha value is -2.96. The van der Waals surface area contributed by atoms with Crippen molar-refractivity contribution in [2.45, 2.75) is 44.1 Å². The zero-order valence-electron chi connectivity index (χ0n) is 26.1. The van der Waals surface area contributed by atoms with E-state index in [0.717, 1.165) is 30.6 Å². The first-order valence-electron chi connectivity index (χ1n) is 15.7. The Morgan fingerprint density at radius 2 is 1.59 bits per heavy atom. The van der Waals surface area contributed by atoms with Crippen molar-refractivity contribution < 1.29 is 23.9 Å². The van der Waals surface area contributed by atoms with E-state index in [4.69, 9.17) is 32.7 Å². The molecule has 1 aromatic heterocycles. The number of rotatable bonds is 9. The second kappa shape index (κ2) is 14.4. The number of nitrogens with zero attached hydrogens (tertiary/aromatic N) is 4. The molecule has 7 rings (SSSR count). The van der Waals surface area contributed by atoms with E-state index in [1.54, 1.807) is 24.4 Å². The fraction of sp³-hybridized carbons (Fsp3) is 0.515.